The van der Waals surface area contributed by atoms with Gasteiger partial charge in [-0.2, -0.15) is 0 Å². The molecule has 0 radical (unpaired) electrons. The lowest BCUT2D eigenvalue weighted by molar-refractivity contribution is 0.237. The summed E-state index contributed by atoms with van der Waals surface area (Å²) in [6.45, 7) is 3.04. The monoisotopic (exact) mass is 236 g/mol. The van der Waals surface area contributed by atoms with Crippen LogP contribution in [0.2, 0.25) is 0 Å². The van der Waals surface area contributed by atoms with Crippen LogP contribution in [0.5, 0.6) is 0 Å². The summed E-state index contributed by atoms with van der Waals surface area (Å²) in [5.41, 5.74) is 0. The highest BCUT2D eigenvalue weighted by molar-refractivity contribution is 5.74. The summed E-state index contributed by atoms with van der Waals surface area (Å²) in [5, 5.41) is 6.02. The van der Waals surface area contributed by atoms with Crippen molar-refractivity contribution in [3.8, 4) is 0 Å². The highest BCUT2D eigenvalue weighted by atomic mass is 16.2. The second-order valence-corrected chi connectivity index (χ2v) is 6.44. The number of urea groups is 1. The number of carbonyl (C=O) groups is 1. The van der Waals surface area contributed by atoms with Crippen LogP contribution in [0.25, 0.3) is 0 Å². The topological polar surface area (TPSA) is 41.1 Å². The predicted octanol–water partition coefficient (Wildman–Crippen LogP) is 2.52. The van der Waals surface area contributed by atoms with Gasteiger partial charge in [-0.3, -0.25) is 0 Å². The Hall–Kier alpha value is -0.730. The van der Waals surface area contributed by atoms with Crippen molar-refractivity contribution in [3.63, 3.8) is 0 Å². The summed E-state index contributed by atoms with van der Waals surface area (Å²) in [7, 11) is 0. The van der Waals surface area contributed by atoms with Crippen LogP contribution in [0.1, 0.15) is 45.4 Å². The van der Waals surface area contributed by atoms with Crippen LogP contribution in [-0.4, -0.2) is 18.6 Å². The van der Waals surface area contributed by atoms with Crippen LogP contribution in [0.3, 0.4) is 0 Å². The van der Waals surface area contributed by atoms with E-state index in [4.69, 9.17) is 0 Å². The molecule has 3 aliphatic rings. The van der Waals surface area contributed by atoms with Crippen molar-refractivity contribution in [2.75, 3.05) is 6.54 Å². The Bertz CT molecular complexity index is 305. The van der Waals surface area contributed by atoms with E-state index in [0.717, 1.165) is 30.7 Å². The molecule has 0 spiro atoms. The molecule has 0 aromatic rings. The van der Waals surface area contributed by atoms with Crippen molar-refractivity contribution in [2.45, 2.75) is 51.5 Å². The fraction of sp³-hybridized carbons (Fsp3) is 0.929. The lowest BCUT2D eigenvalue weighted by Crippen LogP contribution is -2.38. The minimum Gasteiger partial charge on any atom is -0.338 e. The second kappa shape index (κ2) is 4.51. The van der Waals surface area contributed by atoms with E-state index < -0.39 is 0 Å². The zero-order chi connectivity index (χ0) is 11.8. The number of hydrogen-bond acceptors (Lipinski definition) is 1. The van der Waals surface area contributed by atoms with Crippen LogP contribution in [0.4, 0.5) is 4.79 Å². The third-order valence-electron chi connectivity index (χ3n) is 5.11. The SMILES string of the molecule is C[C@@H]1C[C@@H]1NC(=O)NCC[C@@H]1C[C@H]2CC[C@H]1C2. The van der Waals surface area contributed by atoms with E-state index in [-0.39, 0.29) is 6.03 Å². The van der Waals surface area contributed by atoms with Gasteiger partial charge in [0.05, 0.1) is 0 Å². The number of fused-ring (bicyclic) bond motifs is 2. The molecule has 17 heavy (non-hydrogen) atoms. The summed E-state index contributed by atoms with van der Waals surface area (Å²) in [5.74, 6) is 3.58. The van der Waals surface area contributed by atoms with Gasteiger partial charge < -0.3 is 10.6 Å². The first-order valence-corrected chi connectivity index (χ1v) is 7.26. The van der Waals surface area contributed by atoms with Gasteiger partial charge in [-0.1, -0.05) is 13.3 Å². The van der Waals surface area contributed by atoms with Crippen molar-refractivity contribution in [1.29, 1.82) is 0 Å². The van der Waals surface area contributed by atoms with Crippen LogP contribution in [-0.2, 0) is 0 Å². The predicted molar refractivity (Wildman–Crippen MR) is 67.7 cm³/mol. The van der Waals surface area contributed by atoms with Crippen molar-refractivity contribution in [3.05, 3.63) is 0 Å². The largest absolute Gasteiger partial charge is 0.338 e. The lowest BCUT2D eigenvalue weighted by atomic mass is 9.86. The summed E-state index contributed by atoms with van der Waals surface area (Å²) in [4.78, 5) is 11.6. The molecule has 2 bridgehead atoms. The lowest BCUT2D eigenvalue weighted by Gasteiger charge is -2.21. The molecule has 2 amide bonds. The summed E-state index contributed by atoms with van der Waals surface area (Å²) in [6.07, 6.45) is 8.15. The Morgan fingerprint density at radius 3 is 2.65 bits per heavy atom. The van der Waals surface area contributed by atoms with Gasteiger partial charge >= 0.3 is 6.03 Å². The fourth-order valence-corrected chi connectivity index (χ4v) is 3.84. The van der Waals surface area contributed by atoms with E-state index in [1.54, 1.807) is 0 Å². The quantitative estimate of drug-likeness (QED) is 0.773. The van der Waals surface area contributed by atoms with Gasteiger partial charge in [0.1, 0.15) is 0 Å². The van der Waals surface area contributed by atoms with Crippen molar-refractivity contribution >= 4 is 6.03 Å². The average molecular weight is 236 g/mol. The average Bonchev–Trinajstić information content (AvgIpc) is 2.75. The molecule has 0 aromatic carbocycles. The normalized spacial score (nSPS) is 42.5. The Morgan fingerprint density at radius 1 is 1.24 bits per heavy atom. The Balaban J connectivity index is 1.31. The minimum absolute atomic E-state index is 0.0440. The third-order valence-corrected chi connectivity index (χ3v) is 5.11. The smallest absolute Gasteiger partial charge is 0.315 e. The first kappa shape index (κ1) is 11.4. The fourth-order valence-electron chi connectivity index (χ4n) is 3.84. The van der Waals surface area contributed by atoms with E-state index in [1.165, 1.54) is 32.1 Å². The van der Waals surface area contributed by atoms with E-state index in [0.29, 0.717) is 12.0 Å². The molecule has 0 aliphatic heterocycles. The second-order valence-electron chi connectivity index (χ2n) is 6.44. The Kier molecular flexibility index (Phi) is 3.01. The van der Waals surface area contributed by atoms with E-state index in [9.17, 15) is 4.79 Å². The Morgan fingerprint density at radius 2 is 2.06 bits per heavy atom. The highest BCUT2D eigenvalue weighted by Crippen LogP contribution is 2.49. The number of amides is 2. The van der Waals surface area contributed by atoms with Gasteiger partial charge in [0.2, 0.25) is 0 Å². The molecular formula is C14H24N2O. The molecule has 3 fully saturated rings. The molecular weight excluding hydrogens is 212 g/mol. The van der Waals surface area contributed by atoms with Gasteiger partial charge in [0.15, 0.2) is 0 Å². The van der Waals surface area contributed by atoms with Gasteiger partial charge in [-0.15, -0.1) is 0 Å². The minimum atomic E-state index is 0.0440. The van der Waals surface area contributed by atoms with Gasteiger partial charge in [-0.05, 0) is 55.8 Å². The molecule has 96 valence electrons. The zero-order valence-electron chi connectivity index (χ0n) is 10.7. The van der Waals surface area contributed by atoms with Crippen LogP contribution in [0.15, 0.2) is 0 Å². The standard InChI is InChI=1S/C14H24N2O/c1-9-6-13(9)16-14(17)15-5-4-12-8-10-2-3-11(12)7-10/h9-13H,2-8H2,1H3,(H2,15,16,17)/t9-,10+,11+,12-,13+/m1/s1. The van der Waals surface area contributed by atoms with E-state index in [1.807, 2.05) is 0 Å². The Labute approximate surface area is 104 Å². The van der Waals surface area contributed by atoms with E-state index >= 15 is 0 Å². The molecule has 0 aromatic heterocycles. The molecule has 2 N–H and O–H groups in total. The number of nitrogens with one attached hydrogen (secondary N) is 2. The van der Waals surface area contributed by atoms with Gasteiger partial charge in [0, 0.05) is 12.6 Å². The molecule has 3 rings (SSSR count). The first-order chi connectivity index (χ1) is 8.22. The van der Waals surface area contributed by atoms with Gasteiger partial charge in [-0.25, -0.2) is 4.79 Å². The first-order valence-electron chi connectivity index (χ1n) is 7.26. The molecule has 0 unspecified atom stereocenters. The molecule has 3 saturated carbocycles. The maximum Gasteiger partial charge on any atom is 0.315 e. The van der Waals surface area contributed by atoms with Crippen molar-refractivity contribution < 1.29 is 4.79 Å². The van der Waals surface area contributed by atoms with Crippen LogP contribution >= 0.6 is 0 Å². The van der Waals surface area contributed by atoms with Crippen molar-refractivity contribution in [2.24, 2.45) is 23.7 Å². The molecule has 5 atom stereocenters. The molecule has 3 nitrogen and oxygen atoms in total. The summed E-state index contributed by atoms with van der Waals surface area (Å²) < 4.78 is 0. The molecule has 3 aliphatic carbocycles. The summed E-state index contributed by atoms with van der Waals surface area (Å²) in [6, 6.07) is 0.486. The zero-order valence-corrected chi connectivity index (χ0v) is 10.7. The summed E-state index contributed by atoms with van der Waals surface area (Å²) >= 11 is 0. The van der Waals surface area contributed by atoms with Crippen molar-refractivity contribution in [1.82, 2.24) is 10.6 Å². The highest BCUT2D eigenvalue weighted by Gasteiger charge is 2.39. The van der Waals surface area contributed by atoms with Gasteiger partial charge in [0.25, 0.3) is 0 Å². The van der Waals surface area contributed by atoms with Crippen LogP contribution < -0.4 is 10.6 Å². The number of hydrogen-bond donors (Lipinski definition) is 2. The molecule has 0 saturated heterocycles. The number of carbonyl (C=O) groups excluding carboxylic acids is 1. The van der Waals surface area contributed by atoms with E-state index in [2.05, 4.69) is 17.6 Å². The maximum absolute atomic E-state index is 11.6. The van der Waals surface area contributed by atoms with Crippen LogP contribution in [0, 0.1) is 23.7 Å². The molecule has 3 heteroatoms. The third kappa shape index (κ3) is 2.58. The number of rotatable bonds is 4. The maximum atomic E-state index is 11.6. The molecule has 0 heterocycles.